The minimum atomic E-state index is 0. The Balaban J connectivity index is 0.000000188. The standard InChI is InChI=1S/2C23H24N.C13H24O2.Ir/c2*1-16-12-17(2)14-21(13-16)23-22-9-8-19(15-20(22)10-11-24-23)18-6-4-3-5-7-18;1-5-10(6-2)12(14)9-13(15)11(7-3)8-4;/h2*8-13,15,18H,3-7H2,1-2H3;9-11,14H,5-8H2,1-4H3;/q2*-1;;/b;;12-9-;/i11D;;;. The van der Waals surface area contributed by atoms with Crippen LogP contribution in [0.2, 0.25) is 0 Å². The van der Waals surface area contributed by atoms with Gasteiger partial charge in [-0.25, -0.2) is 0 Å². The van der Waals surface area contributed by atoms with E-state index in [1.165, 1.54) is 109 Å². The van der Waals surface area contributed by atoms with Gasteiger partial charge in [0.25, 0.3) is 0 Å². The molecule has 64 heavy (non-hydrogen) atoms. The fourth-order valence-electron chi connectivity index (χ4n) is 9.96. The maximum atomic E-state index is 11.7. The Labute approximate surface area is 400 Å². The quantitative estimate of drug-likeness (QED) is 0.0798. The summed E-state index contributed by atoms with van der Waals surface area (Å²) in [5, 5.41) is 14.5. The van der Waals surface area contributed by atoms with Crippen LogP contribution < -0.4 is 0 Å². The molecular formula is C59H72IrN2O2-2. The number of ketones is 1. The molecule has 0 spiro atoms. The molecule has 1 radical (unpaired) electrons. The fourth-order valence-corrected chi connectivity index (χ4v) is 9.96. The summed E-state index contributed by atoms with van der Waals surface area (Å²) in [7, 11) is 0. The fraction of sp³-hybridized carbons (Fsp3) is 0.441. The molecule has 341 valence electrons. The third kappa shape index (κ3) is 13.3. The number of aryl methyl sites for hydroxylation is 4. The zero-order valence-corrected chi connectivity index (χ0v) is 42.3. The first-order valence-corrected chi connectivity index (χ1v) is 24.2. The molecular weight excluding hydrogens is 961 g/mol. The van der Waals surface area contributed by atoms with Crippen molar-refractivity contribution in [3.63, 3.8) is 0 Å². The third-order valence-electron chi connectivity index (χ3n) is 13.6. The van der Waals surface area contributed by atoms with Crippen LogP contribution in [0.25, 0.3) is 44.1 Å². The summed E-state index contributed by atoms with van der Waals surface area (Å²) in [6.07, 6.45) is 20.7. The molecule has 8 rings (SSSR count). The van der Waals surface area contributed by atoms with Gasteiger partial charge in [0.15, 0.2) is 5.78 Å². The van der Waals surface area contributed by atoms with Gasteiger partial charge in [-0.1, -0.05) is 130 Å². The number of aliphatic hydroxyl groups excluding tert-OH is 1. The molecule has 6 aromatic rings. The Bertz CT molecular complexity index is 2480. The van der Waals surface area contributed by atoms with Gasteiger partial charge in [0.2, 0.25) is 0 Å². The third-order valence-corrected chi connectivity index (χ3v) is 13.6. The molecule has 2 heterocycles. The second-order valence-corrected chi connectivity index (χ2v) is 18.4. The number of aromatic nitrogens is 2. The topological polar surface area (TPSA) is 63.1 Å². The molecule has 2 aliphatic carbocycles. The van der Waals surface area contributed by atoms with Crippen LogP contribution in [-0.2, 0) is 24.9 Å². The Hall–Kier alpha value is -4.44. The molecule has 0 unspecified atom stereocenters. The molecule has 0 amide bonds. The number of benzene rings is 4. The van der Waals surface area contributed by atoms with Crippen molar-refractivity contribution in [2.45, 2.75) is 157 Å². The van der Waals surface area contributed by atoms with Crippen LogP contribution in [0.3, 0.4) is 0 Å². The van der Waals surface area contributed by atoms with E-state index in [4.69, 9.17) is 1.37 Å². The van der Waals surface area contributed by atoms with E-state index in [1.807, 2.05) is 40.0 Å². The maximum Gasteiger partial charge on any atom is 0.162 e. The Morgan fingerprint density at radius 3 is 1.55 bits per heavy atom. The molecule has 1 N–H and O–H groups in total. The van der Waals surface area contributed by atoms with Crippen LogP contribution in [0.15, 0.2) is 97.0 Å². The van der Waals surface area contributed by atoms with Gasteiger partial charge in [0.05, 0.1) is 7.13 Å². The van der Waals surface area contributed by atoms with Crippen LogP contribution in [0.1, 0.15) is 164 Å². The Morgan fingerprint density at radius 1 is 0.641 bits per heavy atom. The van der Waals surface area contributed by atoms with Crippen molar-refractivity contribution in [3.8, 4) is 22.5 Å². The number of pyridine rings is 2. The smallest absolute Gasteiger partial charge is 0.162 e. The summed E-state index contributed by atoms with van der Waals surface area (Å²) in [5.74, 6) is 1.97. The SMILES string of the molecule is CCC(CC)C(=O)/C=C(\O)C(CC)CC.Cc1[c-]c(-c2nccc3cc(C4CCCCC4)ccc23)cc(C)c1.[2H]c1cc2cc(C3CCCCC3)ccc2c(-c2[c-]c(C)cc(C)c2)n1.[Ir]. The Kier molecular flexibility index (Phi) is 18.9. The predicted molar refractivity (Wildman–Crippen MR) is 266 cm³/mol. The summed E-state index contributed by atoms with van der Waals surface area (Å²) in [6.45, 7) is 16.5. The zero-order valence-electron chi connectivity index (χ0n) is 40.9. The molecule has 4 aromatic carbocycles. The van der Waals surface area contributed by atoms with E-state index in [-0.39, 0.29) is 43.5 Å². The number of aliphatic hydroxyl groups is 1. The van der Waals surface area contributed by atoms with Crippen LogP contribution >= 0.6 is 0 Å². The molecule has 0 aliphatic heterocycles. The number of carbonyl (C=O) groups excluding carboxylic acids is 1. The van der Waals surface area contributed by atoms with Gasteiger partial charge in [-0.2, -0.15) is 0 Å². The largest absolute Gasteiger partial charge is 0.512 e. The average molecular weight is 1030 g/mol. The molecule has 4 nitrogen and oxygen atoms in total. The summed E-state index contributed by atoms with van der Waals surface area (Å²) in [5.41, 5.74) is 11.7. The van der Waals surface area contributed by atoms with Crippen molar-refractivity contribution in [1.29, 1.82) is 0 Å². The number of allylic oxidation sites excluding steroid dienone is 2. The van der Waals surface area contributed by atoms with Crippen LogP contribution in [0.4, 0.5) is 0 Å². The predicted octanol–water partition coefficient (Wildman–Crippen LogP) is 16.6. The first-order chi connectivity index (χ1) is 30.9. The summed E-state index contributed by atoms with van der Waals surface area (Å²) < 4.78 is 8.16. The van der Waals surface area contributed by atoms with E-state index in [2.05, 4.69) is 117 Å². The summed E-state index contributed by atoms with van der Waals surface area (Å²) in [6, 6.07) is 33.3. The minimum absolute atomic E-state index is 0. The summed E-state index contributed by atoms with van der Waals surface area (Å²) in [4.78, 5) is 20.9. The zero-order chi connectivity index (χ0) is 45.8. The maximum absolute atomic E-state index is 11.7. The van der Waals surface area contributed by atoms with Crippen molar-refractivity contribution in [2.75, 3.05) is 0 Å². The van der Waals surface area contributed by atoms with Crippen molar-refractivity contribution in [1.82, 2.24) is 9.97 Å². The number of carbonyl (C=O) groups is 1. The summed E-state index contributed by atoms with van der Waals surface area (Å²) >= 11 is 0. The first kappa shape index (κ1) is 49.0. The van der Waals surface area contributed by atoms with E-state index < -0.39 is 0 Å². The van der Waals surface area contributed by atoms with Crippen LogP contribution in [0, 0.1) is 51.7 Å². The van der Waals surface area contributed by atoms with Gasteiger partial charge in [0.1, 0.15) is 0 Å². The second kappa shape index (κ2) is 24.7. The molecule has 2 aromatic heterocycles. The van der Waals surface area contributed by atoms with Crippen molar-refractivity contribution < 1.29 is 31.4 Å². The van der Waals surface area contributed by atoms with Crippen LogP contribution in [-0.4, -0.2) is 20.9 Å². The van der Waals surface area contributed by atoms with Crippen molar-refractivity contribution >= 4 is 27.3 Å². The number of hydrogen-bond donors (Lipinski definition) is 1. The van der Waals surface area contributed by atoms with E-state index >= 15 is 0 Å². The molecule has 2 saturated carbocycles. The molecule has 2 aliphatic rings. The van der Waals surface area contributed by atoms with Gasteiger partial charge in [-0.15, -0.1) is 69.8 Å². The van der Waals surface area contributed by atoms with E-state index in [9.17, 15) is 9.90 Å². The average Bonchev–Trinajstić information content (AvgIpc) is 3.29. The van der Waals surface area contributed by atoms with Gasteiger partial charge in [0, 0.05) is 50.4 Å². The second-order valence-electron chi connectivity index (χ2n) is 18.4. The monoisotopic (exact) mass is 1030 g/mol. The first-order valence-electron chi connectivity index (χ1n) is 24.7. The van der Waals surface area contributed by atoms with E-state index in [0.29, 0.717) is 12.1 Å². The Morgan fingerprint density at radius 2 is 1.09 bits per heavy atom. The number of nitrogens with zero attached hydrogens (tertiary/aromatic N) is 2. The number of hydrogen-bond acceptors (Lipinski definition) is 4. The number of fused-ring (bicyclic) bond motifs is 2. The van der Waals surface area contributed by atoms with E-state index in [1.54, 1.807) is 0 Å². The van der Waals surface area contributed by atoms with Crippen molar-refractivity contribution in [2.24, 2.45) is 11.8 Å². The molecule has 0 atom stereocenters. The van der Waals surface area contributed by atoms with Crippen LogP contribution in [0.5, 0.6) is 0 Å². The molecule has 5 heteroatoms. The van der Waals surface area contributed by atoms with Gasteiger partial charge < -0.3 is 15.1 Å². The molecule has 2 fully saturated rings. The number of rotatable bonds is 11. The molecule has 0 bridgehead atoms. The van der Waals surface area contributed by atoms with Gasteiger partial charge in [-0.3, -0.25) is 4.79 Å². The normalized spacial score (nSPS) is 15.0. The van der Waals surface area contributed by atoms with Gasteiger partial charge >= 0.3 is 0 Å². The van der Waals surface area contributed by atoms with Crippen molar-refractivity contribution in [3.05, 3.63) is 143 Å². The minimum Gasteiger partial charge on any atom is -0.512 e. The van der Waals surface area contributed by atoms with Gasteiger partial charge in [-0.05, 0) is 119 Å². The molecule has 0 saturated heterocycles. The van der Waals surface area contributed by atoms with E-state index in [0.717, 1.165) is 70.5 Å².